The monoisotopic (exact) mass is 328 g/mol. The van der Waals surface area contributed by atoms with Gasteiger partial charge in [-0.25, -0.2) is 4.39 Å². The number of carbonyl (C=O) groups is 3. The molecule has 0 bridgehead atoms. The molecule has 0 saturated heterocycles. The van der Waals surface area contributed by atoms with Crippen LogP contribution in [-0.4, -0.2) is 22.3 Å². The average molecular weight is 328 g/mol. The first-order valence-electron chi connectivity index (χ1n) is 6.90. The molecule has 9 heteroatoms. The Morgan fingerprint density at radius 3 is 2.54 bits per heavy atom. The first-order chi connectivity index (χ1) is 11.4. The van der Waals surface area contributed by atoms with Crippen LogP contribution in [0, 0.1) is 5.82 Å². The molecule has 24 heavy (non-hydrogen) atoms. The van der Waals surface area contributed by atoms with E-state index in [9.17, 15) is 23.6 Å². The number of hydrogen-bond acceptors (Lipinski definition) is 5. The standard InChI is InChI=1S/C15H9FN4O4/c16-7-1-5-2-10(21)18-8(5)4-9(7)20-11(22)3-6-12(13(20)17)15(24)19-14(6)23/h1,3-4H,2,17H2,(H,18,21)(H,19,23,24). The fraction of sp³-hybridized carbons (Fsp3) is 0.0667. The largest absolute Gasteiger partial charge is 0.384 e. The van der Waals surface area contributed by atoms with Crippen LogP contribution < -0.4 is 21.9 Å². The normalized spacial score (nSPS) is 15.1. The summed E-state index contributed by atoms with van der Waals surface area (Å²) in [5.41, 5.74) is 5.38. The molecule has 1 aromatic heterocycles. The van der Waals surface area contributed by atoms with Crippen LogP contribution in [0.5, 0.6) is 0 Å². The molecule has 0 saturated carbocycles. The Labute approximate surface area is 133 Å². The molecule has 4 rings (SSSR count). The number of halogens is 1. The highest BCUT2D eigenvalue weighted by Gasteiger charge is 2.32. The van der Waals surface area contributed by atoms with E-state index < -0.39 is 23.2 Å². The number of fused-ring (bicyclic) bond motifs is 2. The van der Waals surface area contributed by atoms with Gasteiger partial charge in [0.15, 0.2) is 0 Å². The molecule has 2 aliphatic rings. The van der Waals surface area contributed by atoms with Gasteiger partial charge in [0.25, 0.3) is 17.4 Å². The van der Waals surface area contributed by atoms with Crippen molar-refractivity contribution < 1.29 is 18.8 Å². The number of nitrogens with two attached hydrogens (primary N) is 1. The van der Waals surface area contributed by atoms with Crippen molar-refractivity contribution in [1.82, 2.24) is 9.88 Å². The topological polar surface area (TPSA) is 123 Å². The van der Waals surface area contributed by atoms with Crippen molar-refractivity contribution in [3.63, 3.8) is 0 Å². The average Bonchev–Trinajstić information content (AvgIpc) is 2.98. The molecular formula is C15H9FN4O4. The predicted octanol–water partition coefficient (Wildman–Crippen LogP) is -0.0630. The third-order valence-corrected chi connectivity index (χ3v) is 3.99. The summed E-state index contributed by atoms with van der Waals surface area (Å²) in [6.45, 7) is 0. The van der Waals surface area contributed by atoms with E-state index in [0.717, 1.165) is 16.7 Å². The number of imide groups is 1. The Morgan fingerprint density at radius 2 is 1.79 bits per heavy atom. The van der Waals surface area contributed by atoms with Gasteiger partial charge in [0.1, 0.15) is 11.6 Å². The van der Waals surface area contributed by atoms with Gasteiger partial charge in [0.05, 0.1) is 23.2 Å². The van der Waals surface area contributed by atoms with Crippen molar-refractivity contribution in [3.05, 3.63) is 51.1 Å². The Morgan fingerprint density at radius 1 is 1.04 bits per heavy atom. The van der Waals surface area contributed by atoms with E-state index in [1.54, 1.807) is 0 Å². The van der Waals surface area contributed by atoms with Crippen molar-refractivity contribution >= 4 is 29.2 Å². The molecule has 4 N–H and O–H groups in total. The number of rotatable bonds is 1. The first-order valence-corrected chi connectivity index (χ1v) is 6.90. The lowest BCUT2D eigenvalue weighted by molar-refractivity contribution is -0.115. The number of anilines is 2. The molecule has 0 aliphatic carbocycles. The second-order valence-corrected chi connectivity index (χ2v) is 5.46. The number of nitrogens with one attached hydrogen (secondary N) is 2. The second kappa shape index (κ2) is 4.51. The number of benzene rings is 1. The minimum absolute atomic E-state index is 0.0397. The van der Waals surface area contributed by atoms with Gasteiger partial charge in [0.2, 0.25) is 5.91 Å². The van der Waals surface area contributed by atoms with Crippen molar-refractivity contribution in [2.45, 2.75) is 6.42 Å². The molecule has 0 fully saturated rings. The fourth-order valence-corrected chi connectivity index (χ4v) is 2.93. The Bertz CT molecular complexity index is 1040. The van der Waals surface area contributed by atoms with Crippen LogP contribution in [0.15, 0.2) is 23.0 Å². The highest BCUT2D eigenvalue weighted by molar-refractivity contribution is 6.23. The van der Waals surface area contributed by atoms with Crippen LogP contribution >= 0.6 is 0 Å². The minimum Gasteiger partial charge on any atom is -0.384 e. The lowest BCUT2D eigenvalue weighted by atomic mass is 10.1. The highest BCUT2D eigenvalue weighted by atomic mass is 19.1. The van der Waals surface area contributed by atoms with E-state index in [-0.39, 0.29) is 35.0 Å². The van der Waals surface area contributed by atoms with Crippen LogP contribution in [-0.2, 0) is 11.2 Å². The summed E-state index contributed by atoms with van der Waals surface area (Å²) in [6.07, 6.45) is 0.0397. The van der Waals surface area contributed by atoms with Crippen molar-refractivity contribution in [3.8, 4) is 5.69 Å². The van der Waals surface area contributed by atoms with E-state index in [1.807, 2.05) is 5.32 Å². The summed E-state index contributed by atoms with van der Waals surface area (Å²) >= 11 is 0. The predicted molar refractivity (Wildman–Crippen MR) is 80.5 cm³/mol. The number of hydrogen-bond donors (Lipinski definition) is 3. The second-order valence-electron chi connectivity index (χ2n) is 5.46. The van der Waals surface area contributed by atoms with Gasteiger partial charge >= 0.3 is 0 Å². The molecular weight excluding hydrogens is 319 g/mol. The van der Waals surface area contributed by atoms with Gasteiger partial charge in [-0.1, -0.05) is 0 Å². The molecule has 2 aliphatic heterocycles. The zero-order valence-electron chi connectivity index (χ0n) is 12.0. The quantitative estimate of drug-likeness (QED) is 0.633. The maximum Gasteiger partial charge on any atom is 0.262 e. The molecule has 1 aromatic carbocycles. The van der Waals surface area contributed by atoms with Gasteiger partial charge in [0, 0.05) is 11.8 Å². The van der Waals surface area contributed by atoms with E-state index in [0.29, 0.717) is 11.3 Å². The Balaban J connectivity index is 2.00. The lowest BCUT2D eigenvalue weighted by Gasteiger charge is -2.14. The molecule has 3 amide bonds. The number of amides is 3. The van der Waals surface area contributed by atoms with Crippen LogP contribution in [0.3, 0.4) is 0 Å². The van der Waals surface area contributed by atoms with Gasteiger partial charge in [-0.15, -0.1) is 0 Å². The number of pyridine rings is 1. The summed E-state index contributed by atoms with van der Waals surface area (Å²) in [5, 5.41) is 4.58. The number of carbonyl (C=O) groups excluding carboxylic acids is 3. The molecule has 8 nitrogen and oxygen atoms in total. The molecule has 120 valence electrons. The summed E-state index contributed by atoms with van der Waals surface area (Å²) < 4.78 is 15.2. The SMILES string of the molecule is Nc1c2c(cc(=O)n1-c1cc3c(cc1F)CC(=O)N3)C(=O)NC2=O. The van der Waals surface area contributed by atoms with Gasteiger partial charge in [-0.3, -0.25) is 29.1 Å². The van der Waals surface area contributed by atoms with E-state index >= 15 is 0 Å². The summed E-state index contributed by atoms with van der Waals surface area (Å²) in [4.78, 5) is 47.2. The van der Waals surface area contributed by atoms with Crippen molar-refractivity contribution in [1.29, 1.82) is 0 Å². The Hall–Kier alpha value is -3.49. The van der Waals surface area contributed by atoms with Crippen molar-refractivity contribution in [2.24, 2.45) is 0 Å². The molecule has 0 radical (unpaired) electrons. The molecule has 0 atom stereocenters. The summed E-state index contributed by atoms with van der Waals surface area (Å²) in [6, 6.07) is 3.33. The summed E-state index contributed by atoms with van der Waals surface area (Å²) in [7, 11) is 0. The maximum atomic E-state index is 14.4. The van der Waals surface area contributed by atoms with Crippen LogP contribution in [0.1, 0.15) is 26.3 Å². The maximum absolute atomic E-state index is 14.4. The van der Waals surface area contributed by atoms with Crippen LogP contribution in [0.25, 0.3) is 5.69 Å². The third kappa shape index (κ3) is 1.78. The van der Waals surface area contributed by atoms with E-state index in [4.69, 9.17) is 5.73 Å². The molecule has 2 aromatic rings. The number of nitrogens with zero attached hydrogens (tertiary/aromatic N) is 1. The fourth-order valence-electron chi connectivity index (χ4n) is 2.93. The molecule has 0 unspecified atom stereocenters. The molecule has 0 spiro atoms. The molecule has 3 heterocycles. The van der Waals surface area contributed by atoms with Gasteiger partial charge in [-0.05, 0) is 17.7 Å². The van der Waals surface area contributed by atoms with Gasteiger partial charge < -0.3 is 11.1 Å². The minimum atomic E-state index is -0.774. The van der Waals surface area contributed by atoms with Crippen LogP contribution in [0.4, 0.5) is 15.9 Å². The zero-order valence-corrected chi connectivity index (χ0v) is 12.0. The number of aromatic nitrogens is 1. The first kappa shape index (κ1) is 14.1. The number of nitrogen functional groups attached to an aromatic ring is 1. The lowest BCUT2D eigenvalue weighted by Crippen LogP contribution is -2.25. The van der Waals surface area contributed by atoms with E-state index in [2.05, 4.69) is 5.32 Å². The summed E-state index contributed by atoms with van der Waals surface area (Å²) in [5.74, 6) is -2.89. The third-order valence-electron chi connectivity index (χ3n) is 3.99. The van der Waals surface area contributed by atoms with Gasteiger partial charge in [-0.2, -0.15) is 0 Å². The highest BCUT2D eigenvalue weighted by Crippen LogP contribution is 2.30. The smallest absolute Gasteiger partial charge is 0.262 e. The zero-order chi connectivity index (χ0) is 17.2. The Kier molecular flexibility index (Phi) is 2.65. The van der Waals surface area contributed by atoms with E-state index in [1.165, 1.54) is 6.07 Å². The van der Waals surface area contributed by atoms with Crippen LogP contribution in [0.2, 0.25) is 0 Å². The van der Waals surface area contributed by atoms with Crippen molar-refractivity contribution in [2.75, 3.05) is 11.1 Å².